The van der Waals surface area contributed by atoms with E-state index in [9.17, 15) is 4.79 Å². The third-order valence-corrected chi connectivity index (χ3v) is 3.53. The highest BCUT2D eigenvalue weighted by molar-refractivity contribution is 7.14. The Bertz CT molecular complexity index is 556. The first-order chi connectivity index (χ1) is 8.97. The fourth-order valence-electron chi connectivity index (χ4n) is 1.86. The van der Waals surface area contributed by atoms with Crippen molar-refractivity contribution in [1.29, 1.82) is 0 Å². The highest BCUT2D eigenvalue weighted by Gasteiger charge is 2.18. The van der Waals surface area contributed by atoms with E-state index in [1.54, 1.807) is 0 Å². The molecular weight excluding hydrogens is 256 g/mol. The van der Waals surface area contributed by atoms with E-state index < -0.39 is 0 Å². The number of hydrogen-bond donors (Lipinski definition) is 2. The summed E-state index contributed by atoms with van der Waals surface area (Å²) in [5, 5.41) is 8.50. The van der Waals surface area contributed by atoms with Gasteiger partial charge in [-0.1, -0.05) is 39.0 Å². The van der Waals surface area contributed by atoms with Crippen molar-refractivity contribution < 1.29 is 4.79 Å². The van der Waals surface area contributed by atoms with Gasteiger partial charge >= 0.3 is 6.03 Å². The summed E-state index contributed by atoms with van der Waals surface area (Å²) >= 11 is 1.50. The molecule has 2 rings (SSSR count). The minimum absolute atomic E-state index is 0.00714. The number of benzene rings is 1. The van der Waals surface area contributed by atoms with Gasteiger partial charge in [-0.15, -0.1) is 11.3 Å². The van der Waals surface area contributed by atoms with Crippen LogP contribution in [-0.2, 0) is 5.41 Å². The van der Waals surface area contributed by atoms with Gasteiger partial charge in [0.15, 0.2) is 0 Å². The molecule has 0 radical (unpaired) electrons. The summed E-state index contributed by atoms with van der Waals surface area (Å²) in [6.45, 7) is 6.39. The van der Waals surface area contributed by atoms with Gasteiger partial charge in [0.05, 0.1) is 5.00 Å². The lowest BCUT2D eigenvalue weighted by atomic mass is 9.86. The van der Waals surface area contributed by atoms with Crippen molar-refractivity contribution in [2.24, 2.45) is 0 Å². The van der Waals surface area contributed by atoms with Crippen molar-refractivity contribution >= 4 is 28.1 Å². The lowest BCUT2D eigenvalue weighted by Gasteiger charge is -2.22. The number of rotatable bonds is 2. The van der Waals surface area contributed by atoms with E-state index in [-0.39, 0.29) is 11.4 Å². The molecule has 0 saturated carbocycles. The van der Waals surface area contributed by atoms with Crippen molar-refractivity contribution in [2.75, 3.05) is 10.6 Å². The summed E-state index contributed by atoms with van der Waals surface area (Å²) in [4.78, 5) is 11.9. The minimum atomic E-state index is -0.209. The molecule has 0 bridgehead atoms. The van der Waals surface area contributed by atoms with Gasteiger partial charge in [-0.2, -0.15) is 0 Å². The second kappa shape index (κ2) is 5.45. The molecule has 0 aliphatic rings. The quantitative estimate of drug-likeness (QED) is 0.819. The van der Waals surface area contributed by atoms with Gasteiger partial charge in [-0.05, 0) is 34.6 Å². The average Bonchev–Trinajstić information content (AvgIpc) is 2.81. The number of urea groups is 1. The predicted molar refractivity (Wildman–Crippen MR) is 82.1 cm³/mol. The zero-order valence-electron chi connectivity index (χ0n) is 11.4. The number of carbonyl (C=O) groups is 1. The Morgan fingerprint density at radius 1 is 1.05 bits per heavy atom. The van der Waals surface area contributed by atoms with Crippen LogP contribution in [0.25, 0.3) is 0 Å². The zero-order valence-corrected chi connectivity index (χ0v) is 12.2. The van der Waals surface area contributed by atoms with Crippen molar-refractivity contribution in [3.63, 3.8) is 0 Å². The zero-order chi connectivity index (χ0) is 13.9. The van der Waals surface area contributed by atoms with Crippen LogP contribution in [0.3, 0.4) is 0 Å². The lowest BCUT2D eigenvalue weighted by molar-refractivity contribution is 0.262. The molecule has 1 aromatic heterocycles. The molecule has 19 heavy (non-hydrogen) atoms. The van der Waals surface area contributed by atoms with Crippen LogP contribution < -0.4 is 10.6 Å². The van der Waals surface area contributed by atoms with E-state index in [2.05, 4.69) is 31.4 Å². The molecule has 0 fully saturated rings. The van der Waals surface area contributed by atoms with Crippen LogP contribution in [0.4, 0.5) is 15.5 Å². The van der Waals surface area contributed by atoms with Gasteiger partial charge in [0.1, 0.15) is 0 Å². The van der Waals surface area contributed by atoms with Gasteiger partial charge in [0, 0.05) is 5.69 Å². The SMILES string of the molecule is CC(C)(C)c1ccccc1NC(=O)Nc1cccs1. The summed E-state index contributed by atoms with van der Waals surface area (Å²) in [5.41, 5.74) is 1.97. The molecule has 0 aliphatic heterocycles. The number of hydrogen-bond acceptors (Lipinski definition) is 2. The summed E-state index contributed by atoms with van der Waals surface area (Å²) in [5.74, 6) is 0. The molecule has 1 aromatic carbocycles. The van der Waals surface area contributed by atoms with Crippen LogP contribution in [-0.4, -0.2) is 6.03 Å². The van der Waals surface area contributed by atoms with Crippen LogP contribution in [0.5, 0.6) is 0 Å². The highest BCUT2D eigenvalue weighted by Crippen LogP contribution is 2.29. The van der Waals surface area contributed by atoms with Crippen molar-refractivity contribution in [3.05, 3.63) is 47.3 Å². The maximum atomic E-state index is 11.9. The largest absolute Gasteiger partial charge is 0.324 e. The highest BCUT2D eigenvalue weighted by atomic mass is 32.1. The van der Waals surface area contributed by atoms with Crippen LogP contribution in [0, 0.1) is 0 Å². The molecular formula is C15H18N2OS. The van der Waals surface area contributed by atoms with E-state index in [1.165, 1.54) is 11.3 Å². The van der Waals surface area contributed by atoms with Crippen molar-refractivity contribution in [3.8, 4) is 0 Å². The van der Waals surface area contributed by atoms with Gasteiger partial charge in [-0.25, -0.2) is 4.79 Å². The average molecular weight is 274 g/mol. The monoisotopic (exact) mass is 274 g/mol. The first-order valence-corrected chi connectivity index (χ1v) is 7.06. The third-order valence-electron chi connectivity index (χ3n) is 2.74. The first kappa shape index (κ1) is 13.6. The normalized spacial score (nSPS) is 11.1. The van der Waals surface area contributed by atoms with Gasteiger partial charge < -0.3 is 5.32 Å². The summed E-state index contributed by atoms with van der Waals surface area (Å²) < 4.78 is 0. The van der Waals surface area contributed by atoms with E-state index in [0.29, 0.717) is 0 Å². The molecule has 2 amide bonds. The van der Waals surface area contributed by atoms with Crippen LogP contribution in [0.2, 0.25) is 0 Å². The fourth-order valence-corrected chi connectivity index (χ4v) is 2.47. The third kappa shape index (κ3) is 3.58. The molecule has 0 spiro atoms. The summed E-state index contributed by atoms with van der Waals surface area (Å²) in [6, 6.07) is 11.5. The number of amides is 2. The molecule has 0 atom stereocenters. The Labute approximate surface area is 117 Å². The van der Waals surface area contributed by atoms with E-state index in [1.807, 2.05) is 41.8 Å². The van der Waals surface area contributed by atoms with Gasteiger partial charge in [0.2, 0.25) is 0 Å². The maximum absolute atomic E-state index is 11.9. The molecule has 100 valence electrons. The molecule has 3 nitrogen and oxygen atoms in total. The Hall–Kier alpha value is -1.81. The van der Waals surface area contributed by atoms with Gasteiger partial charge in [0.25, 0.3) is 0 Å². The molecule has 4 heteroatoms. The van der Waals surface area contributed by atoms with E-state index in [4.69, 9.17) is 0 Å². The molecule has 0 unspecified atom stereocenters. The number of thiophene rings is 1. The predicted octanol–water partition coefficient (Wildman–Crippen LogP) is 4.69. The maximum Gasteiger partial charge on any atom is 0.324 e. The number of anilines is 2. The number of carbonyl (C=O) groups excluding carboxylic acids is 1. The van der Waals surface area contributed by atoms with Crippen LogP contribution >= 0.6 is 11.3 Å². The van der Waals surface area contributed by atoms with Gasteiger partial charge in [-0.3, -0.25) is 5.32 Å². The number of para-hydroxylation sites is 1. The summed E-state index contributed by atoms with van der Waals surface area (Å²) in [6.07, 6.45) is 0. The van der Waals surface area contributed by atoms with E-state index >= 15 is 0 Å². The second-order valence-corrected chi connectivity index (χ2v) is 6.30. The Morgan fingerprint density at radius 3 is 2.42 bits per heavy atom. The standard InChI is InChI=1S/C15H18N2OS/c1-15(2,3)11-7-4-5-8-12(11)16-14(18)17-13-9-6-10-19-13/h4-10H,1-3H3,(H2,16,17,18). The smallest absolute Gasteiger partial charge is 0.307 e. The van der Waals surface area contributed by atoms with Crippen molar-refractivity contribution in [1.82, 2.24) is 0 Å². The molecule has 2 N–H and O–H groups in total. The minimum Gasteiger partial charge on any atom is -0.307 e. The Balaban J connectivity index is 2.13. The fraction of sp³-hybridized carbons (Fsp3) is 0.267. The van der Waals surface area contributed by atoms with Crippen molar-refractivity contribution in [2.45, 2.75) is 26.2 Å². The topological polar surface area (TPSA) is 41.1 Å². The van der Waals surface area contributed by atoms with Crippen LogP contribution in [0.1, 0.15) is 26.3 Å². The Kier molecular flexibility index (Phi) is 3.90. The summed E-state index contributed by atoms with van der Waals surface area (Å²) in [7, 11) is 0. The van der Waals surface area contributed by atoms with Crippen LogP contribution in [0.15, 0.2) is 41.8 Å². The first-order valence-electron chi connectivity index (χ1n) is 6.18. The molecule has 1 heterocycles. The number of nitrogens with one attached hydrogen (secondary N) is 2. The second-order valence-electron chi connectivity index (χ2n) is 5.35. The van der Waals surface area contributed by atoms with E-state index in [0.717, 1.165) is 16.3 Å². The Morgan fingerprint density at radius 2 is 1.79 bits per heavy atom. The molecule has 0 aliphatic carbocycles. The molecule has 2 aromatic rings. The lowest BCUT2D eigenvalue weighted by Crippen LogP contribution is -2.22. The molecule has 0 saturated heterocycles.